The van der Waals surface area contributed by atoms with Crippen LogP contribution in [-0.4, -0.2) is 52.4 Å². The number of hydrogen-bond acceptors (Lipinski definition) is 7. The lowest BCUT2D eigenvalue weighted by Gasteiger charge is -2.35. The highest BCUT2D eigenvalue weighted by atomic mass is 32.2. The van der Waals surface area contributed by atoms with Crippen molar-refractivity contribution in [3.05, 3.63) is 30.0 Å². The van der Waals surface area contributed by atoms with Crippen LogP contribution in [0.4, 0.5) is 16.2 Å². The molecule has 0 atom stereocenters. The number of nitrogens with zero attached hydrogens (tertiary/aromatic N) is 6. The van der Waals surface area contributed by atoms with Crippen molar-refractivity contribution < 1.29 is 4.39 Å². The SMILES string of the molecule is CSc1ncc(C)c(N2CCN(c3ncc(F)cn3)CC2)n1. The Bertz CT molecular complexity index is 642. The average molecular weight is 320 g/mol. The van der Waals surface area contributed by atoms with Crippen LogP contribution in [0.5, 0.6) is 0 Å². The van der Waals surface area contributed by atoms with Crippen molar-refractivity contribution in [1.29, 1.82) is 0 Å². The van der Waals surface area contributed by atoms with E-state index >= 15 is 0 Å². The fraction of sp³-hybridized carbons (Fsp3) is 0.429. The number of halogens is 1. The summed E-state index contributed by atoms with van der Waals surface area (Å²) in [4.78, 5) is 21.3. The van der Waals surface area contributed by atoms with Crippen molar-refractivity contribution >= 4 is 23.5 Å². The minimum atomic E-state index is -0.413. The van der Waals surface area contributed by atoms with Gasteiger partial charge in [-0.25, -0.2) is 24.3 Å². The molecule has 2 aromatic heterocycles. The maximum atomic E-state index is 12.9. The molecule has 2 aromatic rings. The summed E-state index contributed by atoms with van der Waals surface area (Å²) in [7, 11) is 0. The number of thioether (sulfide) groups is 1. The Morgan fingerprint density at radius 3 is 2.27 bits per heavy atom. The molecule has 22 heavy (non-hydrogen) atoms. The van der Waals surface area contributed by atoms with E-state index in [9.17, 15) is 4.39 Å². The van der Waals surface area contributed by atoms with Gasteiger partial charge < -0.3 is 9.80 Å². The molecule has 116 valence electrons. The van der Waals surface area contributed by atoms with Gasteiger partial charge in [0.05, 0.1) is 12.4 Å². The first-order valence-electron chi connectivity index (χ1n) is 7.02. The Morgan fingerprint density at radius 2 is 1.64 bits per heavy atom. The first-order chi connectivity index (χ1) is 10.7. The summed E-state index contributed by atoms with van der Waals surface area (Å²) in [5.41, 5.74) is 1.07. The van der Waals surface area contributed by atoms with Gasteiger partial charge >= 0.3 is 0 Å². The van der Waals surface area contributed by atoms with Crippen molar-refractivity contribution in [3.63, 3.8) is 0 Å². The van der Waals surface area contributed by atoms with Crippen LogP contribution in [-0.2, 0) is 0 Å². The Kier molecular flexibility index (Phi) is 4.37. The van der Waals surface area contributed by atoms with Crippen molar-refractivity contribution in [2.45, 2.75) is 12.1 Å². The fourth-order valence-corrected chi connectivity index (χ4v) is 2.76. The Hall–Kier alpha value is -1.96. The average Bonchev–Trinajstić information content (AvgIpc) is 2.56. The second-order valence-corrected chi connectivity index (χ2v) is 5.81. The summed E-state index contributed by atoms with van der Waals surface area (Å²) in [6, 6.07) is 0. The number of rotatable bonds is 3. The molecule has 0 aliphatic carbocycles. The molecule has 8 heteroatoms. The van der Waals surface area contributed by atoms with Crippen LogP contribution in [0.1, 0.15) is 5.56 Å². The summed E-state index contributed by atoms with van der Waals surface area (Å²) in [6.07, 6.45) is 6.24. The van der Waals surface area contributed by atoms with E-state index in [2.05, 4.69) is 29.7 Å². The zero-order chi connectivity index (χ0) is 15.5. The number of piperazine rings is 1. The largest absolute Gasteiger partial charge is 0.353 e. The molecule has 0 saturated carbocycles. The predicted molar refractivity (Wildman–Crippen MR) is 85.0 cm³/mol. The zero-order valence-corrected chi connectivity index (χ0v) is 13.3. The summed E-state index contributed by atoms with van der Waals surface area (Å²) >= 11 is 1.54. The van der Waals surface area contributed by atoms with Crippen molar-refractivity contribution in [2.24, 2.45) is 0 Å². The third-order valence-corrected chi connectivity index (χ3v) is 4.14. The normalized spacial score (nSPS) is 15.2. The van der Waals surface area contributed by atoms with E-state index in [0.717, 1.165) is 42.7 Å². The van der Waals surface area contributed by atoms with Crippen molar-refractivity contribution in [1.82, 2.24) is 19.9 Å². The molecule has 0 bridgehead atoms. The number of aromatic nitrogens is 4. The van der Waals surface area contributed by atoms with Gasteiger partial charge in [0.15, 0.2) is 11.0 Å². The lowest BCUT2D eigenvalue weighted by molar-refractivity contribution is 0.600. The van der Waals surface area contributed by atoms with Gasteiger partial charge in [0.2, 0.25) is 5.95 Å². The molecule has 6 nitrogen and oxygen atoms in total. The minimum absolute atomic E-state index is 0.413. The predicted octanol–water partition coefficient (Wildman–Crippen LogP) is 1.76. The first-order valence-corrected chi connectivity index (χ1v) is 8.25. The van der Waals surface area contributed by atoms with Crippen LogP contribution < -0.4 is 9.80 Å². The standard InChI is InChI=1S/C14H17FN6S/c1-10-7-18-14(22-2)19-12(10)20-3-5-21(6-4-20)13-16-8-11(15)9-17-13/h7-9H,3-6H2,1-2H3. The van der Waals surface area contributed by atoms with Gasteiger partial charge in [-0.05, 0) is 13.2 Å². The smallest absolute Gasteiger partial charge is 0.225 e. The zero-order valence-electron chi connectivity index (χ0n) is 12.5. The van der Waals surface area contributed by atoms with Gasteiger partial charge in [-0.15, -0.1) is 0 Å². The molecule has 0 N–H and O–H groups in total. The molecule has 0 aromatic carbocycles. The molecular formula is C14H17FN6S. The third kappa shape index (κ3) is 3.11. The molecular weight excluding hydrogens is 303 g/mol. The molecule has 1 aliphatic rings. The summed E-state index contributed by atoms with van der Waals surface area (Å²) in [6.45, 7) is 5.24. The summed E-state index contributed by atoms with van der Waals surface area (Å²) in [5, 5.41) is 0.782. The van der Waals surface area contributed by atoms with Gasteiger partial charge in [0.1, 0.15) is 5.82 Å². The highest BCUT2D eigenvalue weighted by Crippen LogP contribution is 2.22. The van der Waals surface area contributed by atoms with Crippen molar-refractivity contribution in [3.8, 4) is 0 Å². The molecule has 1 saturated heterocycles. The van der Waals surface area contributed by atoms with E-state index < -0.39 is 5.82 Å². The van der Waals surface area contributed by atoms with Gasteiger partial charge in [-0.2, -0.15) is 0 Å². The number of aryl methyl sites for hydroxylation is 1. The molecule has 0 spiro atoms. The van der Waals surface area contributed by atoms with Crippen LogP contribution >= 0.6 is 11.8 Å². The van der Waals surface area contributed by atoms with Gasteiger partial charge in [-0.3, -0.25) is 0 Å². The number of hydrogen-bond donors (Lipinski definition) is 0. The fourth-order valence-electron chi connectivity index (χ4n) is 2.42. The Labute approximate surface area is 132 Å². The molecule has 0 radical (unpaired) electrons. The Morgan fingerprint density at radius 1 is 1.00 bits per heavy atom. The van der Waals surface area contributed by atoms with Crippen molar-refractivity contribution in [2.75, 3.05) is 42.2 Å². The lowest BCUT2D eigenvalue weighted by Crippen LogP contribution is -2.47. The third-order valence-electron chi connectivity index (χ3n) is 3.57. The van der Waals surface area contributed by atoms with Crippen LogP contribution in [0.15, 0.2) is 23.7 Å². The van der Waals surface area contributed by atoms with Crippen LogP contribution in [0, 0.1) is 12.7 Å². The van der Waals surface area contributed by atoms with Crippen LogP contribution in [0.2, 0.25) is 0 Å². The van der Waals surface area contributed by atoms with Gasteiger partial charge in [-0.1, -0.05) is 11.8 Å². The van der Waals surface area contributed by atoms with E-state index in [1.807, 2.05) is 19.4 Å². The van der Waals surface area contributed by atoms with E-state index in [1.165, 1.54) is 24.2 Å². The van der Waals surface area contributed by atoms with E-state index in [4.69, 9.17) is 0 Å². The van der Waals surface area contributed by atoms with Crippen LogP contribution in [0.25, 0.3) is 0 Å². The molecule has 1 aliphatic heterocycles. The summed E-state index contributed by atoms with van der Waals surface area (Å²) in [5.74, 6) is 1.15. The maximum absolute atomic E-state index is 12.9. The second kappa shape index (κ2) is 6.43. The second-order valence-electron chi connectivity index (χ2n) is 5.04. The molecule has 1 fully saturated rings. The molecule has 0 unspecified atom stereocenters. The highest BCUT2D eigenvalue weighted by Gasteiger charge is 2.21. The van der Waals surface area contributed by atoms with Crippen LogP contribution in [0.3, 0.4) is 0 Å². The lowest BCUT2D eigenvalue weighted by atomic mass is 10.2. The van der Waals surface area contributed by atoms with E-state index in [0.29, 0.717) is 5.95 Å². The molecule has 0 amide bonds. The topological polar surface area (TPSA) is 58.0 Å². The molecule has 3 heterocycles. The van der Waals surface area contributed by atoms with E-state index in [1.54, 1.807) is 0 Å². The van der Waals surface area contributed by atoms with Gasteiger partial charge in [0, 0.05) is 37.9 Å². The monoisotopic (exact) mass is 320 g/mol. The quantitative estimate of drug-likeness (QED) is 0.631. The number of anilines is 2. The maximum Gasteiger partial charge on any atom is 0.225 e. The minimum Gasteiger partial charge on any atom is -0.353 e. The molecule has 3 rings (SSSR count). The Balaban J connectivity index is 1.70. The van der Waals surface area contributed by atoms with Gasteiger partial charge in [0.25, 0.3) is 0 Å². The van der Waals surface area contributed by atoms with E-state index in [-0.39, 0.29) is 0 Å². The highest BCUT2D eigenvalue weighted by molar-refractivity contribution is 7.98. The summed E-state index contributed by atoms with van der Waals surface area (Å²) < 4.78 is 12.9. The first kappa shape index (κ1) is 15.0.